The van der Waals surface area contributed by atoms with E-state index in [1.165, 1.54) is 0 Å². The van der Waals surface area contributed by atoms with Gasteiger partial charge >= 0.3 is 0 Å². The molecule has 1 atom stereocenters. The number of amidine groups is 1. The highest BCUT2D eigenvalue weighted by molar-refractivity contribution is 7.79. The first-order valence-electron chi connectivity index (χ1n) is 6.31. The molecule has 1 aromatic carbocycles. The third kappa shape index (κ3) is 2.06. The van der Waals surface area contributed by atoms with Gasteiger partial charge in [0.25, 0.3) is 0 Å². The summed E-state index contributed by atoms with van der Waals surface area (Å²) in [6.45, 7) is 2.00. The first kappa shape index (κ1) is 12.7. The van der Waals surface area contributed by atoms with Crippen LogP contribution in [0, 0.1) is 0 Å². The second-order valence-corrected chi connectivity index (χ2v) is 4.96. The summed E-state index contributed by atoms with van der Waals surface area (Å²) in [5, 5.41) is 6.13. The van der Waals surface area contributed by atoms with E-state index in [2.05, 4.69) is 20.4 Å². The Labute approximate surface area is 123 Å². The van der Waals surface area contributed by atoms with Gasteiger partial charge in [0, 0.05) is 29.0 Å². The van der Waals surface area contributed by atoms with E-state index in [0.29, 0.717) is 0 Å². The van der Waals surface area contributed by atoms with E-state index in [4.69, 9.17) is 12.2 Å². The van der Waals surface area contributed by atoms with Crippen LogP contribution in [-0.2, 0) is 0 Å². The van der Waals surface area contributed by atoms with Gasteiger partial charge < -0.3 is 0 Å². The molecule has 0 saturated heterocycles. The van der Waals surface area contributed by atoms with E-state index in [1.807, 2.05) is 49.4 Å². The smallest absolute Gasteiger partial charge is 0.164 e. The van der Waals surface area contributed by atoms with Crippen molar-refractivity contribution in [2.75, 3.05) is 4.90 Å². The van der Waals surface area contributed by atoms with E-state index >= 15 is 0 Å². The van der Waals surface area contributed by atoms with Crippen molar-refractivity contribution in [3.8, 4) is 0 Å². The largest absolute Gasteiger partial charge is 0.295 e. The molecular weight excluding hydrogens is 268 g/mol. The number of anilines is 1. The lowest BCUT2D eigenvalue weighted by Crippen LogP contribution is -2.53. The fraction of sp³-hybridized carbons (Fsp3) is 0.133. The van der Waals surface area contributed by atoms with Crippen molar-refractivity contribution in [1.82, 2.24) is 10.4 Å². The van der Waals surface area contributed by atoms with E-state index in [-0.39, 0.29) is 0 Å². The van der Waals surface area contributed by atoms with Crippen molar-refractivity contribution in [2.24, 2.45) is 5.10 Å². The number of benzene rings is 1. The Hall–Kier alpha value is -2.27. The van der Waals surface area contributed by atoms with Crippen LogP contribution < -0.4 is 10.3 Å². The number of nitrogens with zero attached hydrogens (tertiary/aromatic N) is 3. The number of nitrogens with one attached hydrogen (secondary N) is 1. The predicted molar refractivity (Wildman–Crippen MR) is 84.9 cm³/mol. The number of thiocarbonyl (C=S) groups is 1. The Balaban J connectivity index is 2.09. The van der Waals surface area contributed by atoms with E-state index < -0.39 is 5.66 Å². The summed E-state index contributed by atoms with van der Waals surface area (Å²) in [6, 6.07) is 13.9. The maximum absolute atomic E-state index is 5.19. The van der Waals surface area contributed by atoms with Crippen molar-refractivity contribution >= 4 is 29.1 Å². The van der Waals surface area contributed by atoms with Crippen LogP contribution in [0.4, 0.5) is 5.69 Å². The van der Waals surface area contributed by atoms with E-state index in [1.54, 1.807) is 17.8 Å². The maximum atomic E-state index is 5.19. The van der Waals surface area contributed by atoms with Gasteiger partial charge in [0.2, 0.25) is 0 Å². The van der Waals surface area contributed by atoms with Gasteiger partial charge in [-0.25, -0.2) is 0 Å². The van der Waals surface area contributed by atoms with Crippen LogP contribution in [0.5, 0.6) is 0 Å². The fourth-order valence-corrected chi connectivity index (χ4v) is 2.38. The third-order valence-electron chi connectivity index (χ3n) is 3.23. The molecule has 100 valence electrons. The fourth-order valence-electron chi connectivity index (χ4n) is 2.22. The van der Waals surface area contributed by atoms with E-state index in [0.717, 1.165) is 17.1 Å². The Morgan fingerprint density at radius 1 is 1.20 bits per heavy atom. The number of para-hydroxylation sites is 1. The van der Waals surface area contributed by atoms with Gasteiger partial charge in [0.1, 0.15) is 0 Å². The predicted octanol–water partition coefficient (Wildman–Crippen LogP) is 2.57. The summed E-state index contributed by atoms with van der Waals surface area (Å²) in [5.74, 6) is 0.813. The number of aromatic nitrogens is 1. The van der Waals surface area contributed by atoms with Gasteiger partial charge in [-0.3, -0.25) is 15.3 Å². The molecule has 1 N–H and O–H groups in total. The topological polar surface area (TPSA) is 40.5 Å². The molecule has 1 aliphatic rings. The van der Waals surface area contributed by atoms with Crippen molar-refractivity contribution in [3.63, 3.8) is 0 Å². The molecule has 1 aliphatic heterocycles. The molecule has 0 bridgehead atoms. The highest BCUT2D eigenvalue weighted by Crippen LogP contribution is 2.28. The summed E-state index contributed by atoms with van der Waals surface area (Å²) >= 11 is 5.19. The van der Waals surface area contributed by atoms with Crippen LogP contribution in [0.15, 0.2) is 60.0 Å². The average Bonchev–Trinajstić information content (AvgIpc) is 2.87. The highest BCUT2D eigenvalue weighted by Gasteiger charge is 2.38. The van der Waals surface area contributed by atoms with Crippen LogP contribution in [0.2, 0.25) is 0 Å². The van der Waals surface area contributed by atoms with Gasteiger partial charge in [-0.15, -0.1) is 0 Å². The lowest BCUT2D eigenvalue weighted by Gasteiger charge is -2.33. The second-order valence-electron chi connectivity index (χ2n) is 4.73. The summed E-state index contributed by atoms with van der Waals surface area (Å²) < 4.78 is 0. The Morgan fingerprint density at radius 2 is 2.00 bits per heavy atom. The van der Waals surface area contributed by atoms with Gasteiger partial charge in [-0.1, -0.05) is 30.4 Å². The maximum Gasteiger partial charge on any atom is 0.164 e. The molecule has 2 heterocycles. The minimum atomic E-state index is -0.526. The zero-order valence-corrected chi connectivity index (χ0v) is 11.8. The number of pyridine rings is 1. The number of hydrazone groups is 1. The second kappa shape index (κ2) is 5.02. The zero-order chi connectivity index (χ0) is 14.0. The Bertz CT molecular complexity index is 641. The number of hydrogen-bond acceptors (Lipinski definition) is 5. The lowest BCUT2D eigenvalue weighted by molar-refractivity contribution is 0.550. The van der Waals surface area contributed by atoms with Crippen molar-refractivity contribution < 1.29 is 0 Å². The normalized spacial score (nSPS) is 21.2. The molecule has 0 radical (unpaired) electrons. The number of hydrogen-bond donors (Lipinski definition) is 1. The van der Waals surface area contributed by atoms with Crippen molar-refractivity contribution in [1.29, 1.82) is 0 Å². The van der Waals surface area contributed by atoms with Crippen LogP contribution in [0.1, 0.15) is 12.5 Å². The Kier molecular flexibility index (Phi) is 3.20. The molecule has 0 amide bonds. The quantitative estimate of drug-likeness (QED) is 0.878. The summed E-state index contributed by atoms with van der Waals surface area (Å²) in [6.07, 6.45) is 3.54. The summed E-state index contributed by atoms with van der Waals surface area (Å²) in [4.78, 5) is 6.24. The van der Waals surface area contributed by atoms with Gasteiger partial charge in [-0.05, 0) is 31.2 Å². The first-order valence-corrected chi connectivity index (χ1v) is 6.78. The summed E-state index contributed by atoms with van der Waals surface area (Å²) in [7, 11) is 0. The molecule has 1 aromatic heterocycles. The van der Waals surface area contributed by atoms with Gasteiger partial charge in [0.15, 0.2) is 11.5 Å². The third-order valence-corrected chi connectivity index (χ3v) is 3.69. The molecule has 0 aliphatic carbocycles. The standard InChI is InChI=1S/C15H14N4S/c1-15(11-20)18-17-14(12-6-5-9-16-10-12)19(15)13-7-3-2-4-8-13/h2-11,18H,1H3. The monoisotopic (exact) mass is 282 g/mol. The van der Waals surface area contributed by atoms with E-state index in [9.17, 15) is 0 Å². The summed E-state index contributed by atoms with van der Waals surface area (Å²) in [5.41, 5.74) is 4.56. The minimum Gasteiger partial charge on any atom is -0.295 e. The minimum absolute atomic E-state index is 0.526. The molecule has 1 unspecified atom stereocenters. The number of rotatable bonds is 3. The molecule has 5 heteroatoms. The average molecular weight is 282 g/mol. The van der Waals surface area contributed by atoms with Crippen LogP contribution >= 0.6 is 12.2 Å². The van der Waals surface area contributed by atoms with Crippen molar-refractivity contribution in [2.45, 2.75) is 12.6 Å². The lowest BCUT2D eigenvalue weighted by atomic mass is 10.1. The first-order chi connectivity index (χ1) is 9.74. The highest BCUT2D eigenvalue weighted by atomic mass is 32.1. The molecule has 3 rings (SSSR count). The van der Waals surface area contributed by atoms with Crippen molar-refractivity contribution in [3.05, 3.63) is 60.4 Å². The van der Waals surface area contributed by atoms with Crippen LogP contribution in [-0.4, -0.2) is 21.8 Å². The van der Waals surface area contributed by atoms with Crippen LogP contribution in [0.25, 0.3) is 0 Å². The Morgan fingerprint density at radius 3 is 2.65 bits per heavy atom. The zero-order valence-electron chi connectivity index (χ0n) is 11.0. The molecule has 0 saturated carbocycles. The SMILES string of the molecule is CC1(C=S)NN=C(c2cccnc2)N1c1ccccc1. The van der Waals surface area contributed by atoms with Gasteiger partial charge in [0.05, 0.1) is 0 Å². The molecular formula is C15H14N4S. The molecule has 0 fully saturated rings. The van der Waals surface area contributed by atoms with Crippen LogP contribution in [0.3, 0.4) is 0 Å². The molecule has 0 spiro atoms. The van der Waals surface area contributed by atoms with Gasteiger partial charge in [-0.2, -0.15) is 5.10 Å². The molecule has 20 heavy (non-hydrogen) atoms. The molecule has 2 aromatic rings. The molecule has 4 nitrogen and oxygen atoms in total.